The number of nitrogens with zero attached hydrogens (tertiary/aromatic N) is 2. The summed E-state index contributed by atoms with van der Waals surface area (Å²) in [5.74, 6) is 0.607. The van der Waals surface area contributed by atoms with Crippen LogP contribution in [0.4, 0.5) is 13.2 Å². The molecule has 166 valence electrons. The summed E-state index contributed by atoms with van der Waals surface area (Å²) in [6.45, 7) is 5.90. The predicted octanol–water partition coefficient (Wildman–Crippen LogP) is 4.80. The number of pyridine rings is 1. The zero-order valence-electron chi connectivity index (χ0n) is 17.5. The number of nitrogens with one attached hydrogen (secondary N) is 2. The van der Waals surface area contributed by atoms with E-state index in [2.05, 4.69) is 20.6 Å². The van der Waals surface area contributed by atoms with E-state index in [9.17, 15) is 13.2 Å². The van der Waals surface area contributed by atoms with E-state index in [-0.39, 0.29) is 41.8 Å². The largest absolute Gasteiger partial charge is 0.488 e. The number of halogens is 4. The van der Waals surface area contributed by atoms with Crippen molar-refractivity contribution < 1.29 is 17.9 Å². The lowest BCUT2D eigenvalue weighted by molar-refractivity contribution is -0.138. The van der Waals surface area contributed by atoms with Gasteiger partial charge in [-0.15, -0.1) is 24.0 Å². The van der Waals surface area contributed by atoms with Crippen LogP contribution in [0.3, 0.4) is 0 Å². The van der Waals surface area contributed by atoms with Crippen molar-refractivity contribution in [3.63, 3.8) is 0 Å². The van der Waals surface area contributed by atoms with Crippen LogP contribution in [0.25, 0.3) is 0 Å². The molecule has 0 fully saturated rings. The highest BCUT2D eigenvalue weighted by atomic mass is 127. The fourth-order valence-electron chi connectivity index (χ4n) is 2.65. The van der Waals surface area contributed by atoms with Crippen molar-refractivity contribution in [3.8, 4) is 5.75 Å². The predicted molar refractivity (Wildman–Crippen MR) is 123 cm³/mol. The number of benzene rings is 1. The summed E-state index contributed by atoms with van der Waals surface area (Å²) in [7, 11) is 1.57. The van der Waals surface area contributed by atoms with Crippen LogP contribution in [-0.4, -0.2) is 30.1 Å². The number of rotatable bonds is 6. The van der Waals surface area contributed by atoms with Crippen LogP contribution < -0.4 is 15.4 Å². The van der Waals surface area contributed by atoms with Crippen molar-refractivity contribution in [2.75, 3.05) is 13.6 Å². The number of hydrogen-bond acceptors (Lipinski definition) is 3. The van der Waals surface area contributed by atoms with Crippen LogP contribution in [0.5, 0.6) is 5.75 Å². The van der Waals surface area contributed by atoms with Crippen molar-refractivity contribution in [2.24, 2.45) is 4.99 Å². The van der Waals surface area contributed by atoms with Gasteiger partial charge in [-0.3, -0.25) is 9.98 Å². The smallest absolute Gasteiger partial charge is 0.416 e. The first-order valence-electron chi connectivity index (χ1n) is 9.32. The van der Waals surface area contributed by atoms with Crippen molar-refractivity contribution in [2.45, 2.75) is 45.5 Å². The normalized spacial score (nSPS) is 12.2. The molecule has 9 heteroatoms. The molecule has 2 rings (SSSR count). The fraction of sp³-hybridized carbons (Fsp3) is 0.429. The number of ether oxygens (including phenoxy) is 1. The molecule has 1 heterocycles. The molecule has 0 aliphatic heterocycles. The van der Waals surface area contributed by atoms with E-state index in [1.807, 2.05) is 18.2 Å². The lowest BCUT2D eigenvalue weighted by Crippen LogP contribution is -2.38. The second-order valence-corrected chi connectivity index (χ2v) is 7.45. The van der Waals surface area contributed by atoms with Crippen LogP contribution in [0.1, 0.15) is 37.6 Å². The van der Waals surface area contributed by atoms with Crippen LogP contribution in [0.2, 0.25) is 0 Å². The number of guanidine groups is 1. The third-order valence-electron chi connectivity index (χ3n) is 3.88. The minimum absolute atomic E-state index is 0. The van der Waals surface area contributed by atoms with Crippen molar-refractivity contribution in [3.05, 3.63) is 59.4 Å². The van der Waals surface area contributed by atoms with Crippen molar-refractivity contribution in [1.29, 1.82) is 0 Å². The molecule has 0 aliphatic rings. The first-order valence-corrected chi connectivity index (χ1v) is 9.32. The molecule has 1 aromatic carbocycles. The van der Waals surface area contributed by atoms with Crippen LogP contribution in [0, 0.1) is 0 Å². The van der Waals surface area contributed by atoms with Gasteiger partial charge in [0.15, 0.2) is 5.96 Å². The van der Waals surface area contributed by atoms with E-state index >= 15 is 0 Å². The molecule has 0 atom stereocenters. The van der Waals surface area contributed by atoms with Gasteiger partial charge < -0.3 is 15.4 Å². The molecule has 0 amide bonds. The molecule has 5 nitrogen and oxygen atoms in total. The average Bonchev–Trinajstić information content (AvgIpc) is 2.64. The average molecular weight is 536 g/mol. The molecule has 1 aromatic heterocycles. The van der Waals surface area contributed by atoms with E-state index in [0.29, 0.717) is 18.9 Å². The second-order valence-electron chi connectivity index (χ2n) is 7.45. The van der Waals surface area contributed by atoms with Gasteiger partial charge in [-0.1, -0.05) is 12.1 Å². The first-order chi connectivity index (χ1) is 13.6. The van der Waals surface area contributed by atoms with Crippen molar-refractivity contribution >= 4 is 29.9 Å². The molecule has 0 spiro atoms. The summed E-state index contributed by atoms with van der Waals surface area (Å²) in [5.41, 5.74) is -0.270. The van der Waals surface area contributed by atoms with Crippen molar-refractivity contribution in [1.82, 2.24) is 15.6 Å². The number of alkyl halides is 3. The van der Waals surface area contributed by atoms with Gasteiger partial charge in [-0.2, -0.15) is 13.2 Å². The Labute approximate surface area is 192 Å². The highest BCUT2D eigenvalue weighted by Gasteiger charge is 2.34. The number of aromatic nitrogens is 1. The molecule has 30 heavy (non-hydrogen) atoms. The molecule has 0 saturated heterocycles. The van der Waals surface area contributed by atoms with E-state index in [1.165, 1.54) is 6.07 Å². The Morgan fingerprint density at radius 1 is 1.10 bits per heavy atom. The molecule has 0 aliphatic carbocycles. The monoisotopic (exact) mass is 536 g/mol. The Hall–Kier alpha value is -2.04. The molecule has 0 bridgehead atoms. The summed E-state index contributed by atoms with van der Waals surface area (Å²) in [6.07, 6.45) is -2.09. The third kappa shape index (κ3) is 8.76. The lowest BCUT2D eigenvalue weighted by Gasteiger charge is -2.23. The Balaban J connectivity index is 0.00000450. The van der Waals surface area contributed by atoms with Gasteiger partial charge in [0.25, 0.3) is 0 Å². The van der Waals surface area contributed by atoms with Crippen LogP contribution in [-0.2, 0) is 19.1 Å². The standard InChI is InChI=1S/C21H27F3N4O.HI/c1-20(2,3)29-17-9-8-15(18(13-17)21(22,23)24)14-28-19(25-4)27-12-10-16-7-5-6-11-26-16;/h5-9,11,13H,10,12,14H2,1-4H3,(H2,25,27,28);1H. The molecule has 0 radical (unpaired) electrons. The van der Waals surface area contributed by atoms with Gasteiger partial charge in [-0.05, 0) is 50.6 Å². The summed E-state index contributed by atoms with van der Waals surface area (Å²) in [5, 5.41) is 6.01. The summed E-state index contributed by atoms with van der Waals surface area (Å²) in [6, 6.07) is 9.68. The van der Waals surface area contributed by atoms with E-state index in [0.717, 1.165) is 11.8 Å². The highest BCUT2D eigenvalue weighted by molar-refractivity contribution is 14.0. The van der Waals surface area contributed by atoms with Gasteiger partial charge in [0.1, 0.15) is 11.4 Å². The summed E-state index contributed by atoms with van der Waals surface area (Å²) < 4.78 is 46.1. The summed E-state index contributed by atoms with van der Waals surface area (Å²) >= 11 is 0. The fourth-order valence-corrected chi connectivity index (χ4v) is 2.65. The molecular formula is C21H28F3IN4O. The van der Waals surface area contributed by atoms with Gasteiger partial charge >= 0.3 is 6.18 Å². The number of aliphatic imine (C=N–C) groups is 1. The molecule has 2 N–H and O–H groups in total. The van der Waals surface area contributed by atoms with E-state index < -0.39 is 17.3 Å². The van der Waals surface area contributed by atoms with E-state index in [4.69, 9.17) is 4.74 Å². The first kappa shape index (κ1) is 26.0. The van der Waals surface area contributed by atoms with Gasteiger partial charge in [-0.25, -0.2) is 0 Å². The minimum atomic E-state index is -4.48. The molecule has 2 aromatic rings. The number of hydrogen-bond donors (Lipinski definition) is 2. The SMILES string of the molecule is CN=C(NCCc1ccccn1)NCc1ccc(OC(C)(C)C)cc1C(F)(F)F.I. The lowest BCUT2D eigenvalue weighted by atomic mass is 10.1. The zero-order chi connectivity index (χ0) is 21.5. The van der Waals surface area contributed by atoms with E-state index in [1.54, 1.807) is 40.1 Å². The Morgan fingerprint density at radius 3 is 2.40 bits per heavy atom. The van der Waals surface area contributed by atoms with Gasteiger partial charge in [0.05, 0.1) is 5.56 Å². The molecule has 0 saturated carbocycles. The maximum Gasteiger partial charge on any atom is 0.416 e. The molecular weight excluding hydrogens is 508 g/mol. The highest BCUT2D eigenvalue weighted by Crippen LogP contribution is 2.35. The maximum absolute atomic E-state index is 13.5. The maximum atomic E-state index is 13.5. The van der Waals surface area contributed by atoms with Gasteiger partial charge in [0, 0.05) is 38.4 Å². The van der Waals surface area contributed by atoms with Gasteiger partial charge in [0.2, 0.25) is 0 Å². The molecule has 0 unspecified atom stereocenters. The Kier molecular flexibility index (Phi) is 9.86. The van der Waals surface area contributed by atoms with Crippen LogP contribution >= 0.6 is 24.0 Å². The van der Waals surface area contributed by atoms with Crippen LogP contribution in [0.15, 0.2) is 47.6 Å². The second kappa shape index (κ2) is 11.4. The Morgan fingerprint density at radius 2 is 1.83 bits per heavy atom. The Bertz CT molecular complexity index is 821. The topological polar surface area (TPSA) is 58.5 Å². The summed E-state index contributed by atoms with van der Waals surface area (Å²) in [4.78, 5) is 8.29. The third-order valence-corrected chi connectivity index (χ3v) is 3.88. The minimum Gasteiger partial charge on any atom is -0.488 e. The quantitative estimate of drug-likeness (QED) is 0.317. The zero-order valence-corrected chi connectivity index (χ0v) is 19.8.